The van der Waals surface area contributed by atoms with Gasteiger partial charge in [-0.3, -0.25) is 0 Å². The first kappa shape index (κ1) is 9.24. The van der Waals surface area contributed by atoms with Crippen molar-refractivity contribution in [3.8, 4) is 6.07 Å². The fraction of sp³-hybridized carbons (Fsp3) is 0.222. The van der Waals surface area contributed by atoms with Gasteiger partial charge in [0, 0.05) is 4.47 Å². The van der Waals surface area contributed by atoms with Gasteiger partial charge >= 0.3 is 0 Å². The van der Waals surface area contributed by atoms with E-state index in [9.17, 15) is 0 Å². The molecule has 1 aromatic carbocycles. The molecule has 1 unspecified atom stereocenters. The van der Waals surface area contributed by atoms with Gasteiger partial charge in [-0.25, -0.2) is 0 Å². The molecule has 0 bridgehead atoms. The summed E-state index contributed by atoms with van der Waals surface area (Å²) in [5.74, 6) is -0.414. The molecule has 0 saturated carbocycles. The summed E-state index contributed by atoms with van der Waals surface area (Å²) >= 11 is 3.30. The lowest BCUT2D eigenvalue weighted by molar-refractivity contribution is 0.286. The summed E-state index contributed by atoms with van der Waals surface area (Å²) in [6, 6.07) is 9.42. The third kappa shape index (κ3) is 2.07. The molecular weight excluding hydrogens is 218 g/mol. The van der Waals surface area contributed by atoms with Crippen LogP contribution in [-0.4, -0.2) is 11.7 Å². The molecule has 0 aliphatic heterocycles. The summed E-state index contributed by atoms with van der Waals surface area (Å²) in [4.78, 5) is 0. The highest BCUT2D eigenvalue weighted by Gasteiger charge is 2.07. The summed E-state index contributed by atoms with van der Waals surface area (Å²) < 4.78 is 0.925. The Morgan fingerprint density at radius 3 is 2.83 bits per heavy atom. The molecular formula is C9H8BrNO. The van der Waals surface area contributed by atoms with E-state index < -0.39 is 5.92 Å². The molecule has 0 aliphatic carbocycles. The Balaban J connectivity index is 2.95. The second-order valence-electron chi connectivity index (χ2n) is 2.42. The van der Waals surface area contributed by atoms with Crippen LogP contribution in [0.15, 0.2) is 28.7 Å². The quantitative estimate of drug-likeness (QED) is 0.838. The number of hydrogen-bond donors (Lipinski definition) is 1. The summed E-state index contributed by atoms with van der Waals surface area (Å²) in [5.41, 5.74) is 0.842. The van der Waals surface area contributed by atoms with E-state index in [4.69, 9.17) is 10.4 Å². The van der Waals surface area contributed by atoms with Gasteiger partial charge in [0.2, 0.25) is 0 Å². The number of benzene rings is 1. The molecule has 1 N–H and O–H groups in total. The fourth-order valence-electron chi connectivity index (χ4n) is 0.944. The highest BCUT2D eigenvalue weighted by Crippen LogP contribution is 2.18. The van der Waals surface area contributed by atoms with Crippen LogP contribution in [0.5, 0.6) is 0 Å². The van der Waals surface area contributed by atoms with Crippen LogP contribution in [0, 0.1) is 11.3 Å². The molecule has 12 heavy (non-hydrogen) atoms. The van der Waals surface area contributed by atoms with Gasteiger partial charge in [-0.2, -0.15) is 5.26 Å². The minimum Gasteiger partial charge on any atom is -0.395 e. The van der Waals surface area contributed by atoms with E-state index >= 15 is 0 Å². The molecule has 0 amide bonds. The van der Waals surface area contributed by atoms with Crippen molar-refractivity contribution in [1.82, 2.24) is 0 Å². The zero-order valence-electron chi connectivity index (χ0n) is 6.37. The van der Waals surface area contributed by atoms with Gasteiger partial charge in [0.1, 0.15) is 0 Å². The molecule has 0 aliphatic rings. The summed E-state index contributed by atoms with van der Waals surface area (Å²) in [6.07, 6.45) is 0. The van der Waals surface area contributed by atoms with Gasteiger partial charge in [-0.15, -0.1) is 0 Å². The van der Waals surface area contributed by atoms with E-state index in [1.807, 2.05) is 30.3 Å². The molecule has 0 fully saturated rings. The molecule has 3 heteroatoms. The first-order chi connectivity index (χ1) is 5.77. The molecule has 0 radical (unpaired) electrons. The van der Waals surface area contributed by atoms with E-state index in [0.717, 1.165) is 10.0 Å². The number of aliphatic hydroxyl groups excluding tert-OH is 1. The van der Waals surface area contributed by atoms with Crippen molar-refractivity contribution < 1.29 is 5.11 Å². The van der Waals surface area contributed by atoms with Crippen LogP contribution in [-0.2, 0) is 0 Å². The maximum absolute atomic E-state index is 8.83. The molecule has 1 rings (SSSR count). The monoisotopic (exact) mass is 225 g/mol. The molecule has 1 atom stereocenters. The first-order valence-electron chi connectivity index (χ1n) is 3.54. The minimum absolute atomic E-state index is 0.132. The standard InChI is InChI=1S/C9H8BrNO/c10-9-3-1-2-7(4-9)8(5-11)6-12/h1-4,8,12H,6H2. The molecule has 1 aromatic rings. The number of halogens is 1. The first-order valence-corrected chi connectivity index (χ1v) is 4.33. The lowest BCUT2D eigenvalue weighted by Crippen LogP contribution is -2.00. The van der Waals surface area contributed by atoms with Gasteiger partial charge in [0.15, 0.2) is 0 Å². The average molecular weight is 226 g/mol. The molecule has 0 saturated heterocycles. The summed E-state index contributed by atoms with van der Waals surface area (Å²) in [7, 11) is 0. The van der Waals surface area contributed by atoms with Gasteiger partial charge in [-0.05, 0) is 17.7 Å². The van der Waals surface area contributed by atoms with Crippen LogP contribution in [0.25, 0.3) is 0 Å². The van der Waals surface area contributed by atoms with Crippen LogP contribution in [0.2, 0.25) is 0 Å². The predicted molar refractivity (Wildman–Crippen MR) is 49.6 cm³/mol. The molecule has 0 aromatic heterocycles. The van der Waals surface area contributed by atoms with Crippen LogP contribution in [0.4, 0.5) is 0 Å². The Morgan fingerprint density at radius 1 is 1.58 bits per heavy atom. The summed E-state index contributed by atoms with van der Waals surface area (Å²) in [6.45, 7) is -0.132. The van der Waals surface area contributed by atoms with Crippen molar-refractivity contribution in [3.63, 3.8) is 0 Å². The minimum atomic E-state index is -0.414. The van der Waals surface area contributed by atoms with Crippen molar-refractivity contribution in [3.05, 3.63) is 34.3 Å². The smallest absolute Gasteiger partial charge is 0.0943 e. The van der Waals surface area contributed by atoms with Crippen molar-refractivity contribution in [2.75, 3.05) is 6.61 Å². The van der Waals surface area contributed by atoms with E-state index in [-0.39, 0.29) is 6.61 Å². The zero-order valence-corrected chi connectivity index (χ0v) is 7.95. The Kier molecular flexibility index (Phi) is 3.27. The number of aliphatic hydroxyl groups is 1. The maximum Gasteiger partial charge on any atom is 0.0943 e. The lowest BCUT2D eigenvalue weighted by atomic mass is 10.0. The second-order valence-corrected chi connectivity index (χ2v) is 3.33. The van der Waals surface area contributed by atoms with E-state index in [0.29, 0.717) is 0 Å². The van der Waals surface area contributed by atoms with Crippen molar-refractivity contribution in [2.45, 2.75) is 5.92 Å². The molecule has 62 valence electrons. The third-order valence-electron chi connectivity index (χ3n) is 1.59. The maximum atomic E-state index is 8.83. The number of nitrogens with zero attached hydrogens (tertiary/aromatic N) is 1. The van der Waals surface area contributed by atoms with Crippen LogP contribution in [0.1, 0.15) is 11.5 Å². The van der Waals surface area contributed by atoms with Gasteiger partial charge < -0.3 is 5.11 Å². The molecule has 0 spiro atoms. The van der Waals surface area contributed by atoms with Crippen LogP contribution in [0.3, 0.4) is 0 Å². The summed E-state index contributed by atoms with van der Waals surface area (Å²) in [5, 5.41) is 17.5. The van der Waals surface area contributed by atoms with Crippen molar-refractivity contribution in [1.29, 1.82) is 5.26 Å². The second kappa shape index (κ2) is 4.24. The Morgan fingerprint density at radius 2 is 2.33 bits per heavy atom. The van der Waals surface area contributed by atoms with E-state index in [1.165, 1.54) is 0 Å². The topological polar surface area (TPSA) is 44.0 Å². The zero-order chi connectivity index (χ0) is 8.97. The largest absolute Gasteiger partial charge is 0.395 e. The lowest BCUT2D eigenvalue weighted by Gasteiger charge is -2.04. The third-order valence-corrected chi connectivity index (χ3v) is 2.08. The van der Waals surface area contributed by atoms with Crippen LogP contribution < -0.4 is 0 Å². The SMILES string of the molecule is N#CC(CO)c1cccc(Br)c1. The fourth-order valence-corrected chi connectivity index (χ4v) is 1.36. The van der Waals surface area contributed by atoms with E-state index in [2.05, 4.69) is 15.9 Å². The number of nitriles is 1. The Labute approximate surface area is 79.6 Å². The van der Waals surface area contributed by atoms with Crippen LogP contribution >= 0.6 is 15.9 Å². The molecule has 2 nitrogen and oxygen atoms in total. The number of rotatable bonds is 2. The van der Waals surface area contributed by atoms with Crippen molar-refractivity contribution in [2.24, 2.45) is 0 Å². The highest BCUT2D eigenvalue weighted by molar-refractivity contribution is 9.10. The number of hydrogen-bond acceptors (Lipinski definition) is 2. The Bertz CT molecular complexity index is 306. The predicted octanol–water partition coefficient (Wildman–Crippen LogP) is 2.05. The normalized spacial score (nSPS) is 12.1. The highest BCUT2D eigenvalue weighted by atomic mass is 79.9. The Hall–Kier alpha value is -0.850. The van der Waals surface area contributed by atoms with E-state index in [1.54, 1.807) is 0 Å². The average Bonchev–Trinajstić information content (AvgIpc) is 2.07. The molecule has 0 heterocycles. The van der Waals surface area contributed by atoms with Crippen molar-refractivity contribution >= 4 is 15.9 Å². The van der Waals surface area contributed by atoms with Gasteiger partial charge in [-0.1, -0.05) is 28.1 Å². The van der Waals surface area contributed by atoms with Gasteiger partial charge in [0.05, 0.1) is 18.6 Å². The van der Waals surface area contributed by atoms with Gasteiger partial charge in [0.25, 0.3) is 0 Å².